The van der Waals surface area contributed by atoms with Crippen molar-refractivity contribution in [3.63, 3.8) is 0 Å². The first-order valence-corrected chi connectivity index (χ1v) is 8.11. The minimum absolute atomic E-state index is 0.547. The molecule has 2 aromatic rings. The van der Waals surface area contributed by atoms with Crippen LogP contribution in [-0.2, 0) is 9.59 Å². The maximum atomic E-state index is 11.7. The fourth-order valence-electron chi connectivity index (χ4n) is 1.91. The number of hydrogen-bond donors (Lipinski definition) is 2. The van der Waals surface area contributed by atoms with E-state index < -0.39 is 11.8 Å². The Bertz CT molecular complexity index is 712. The lowest BCUT2D eigenvalue weighted by molar-refractivity contribution is -0.136. The zero-order valence-electron chi connectivity index (χ0n) is 14.1. The largest absolute Gasteiger partial charge is 0.494 e. The van der Waals surface area contributed by atoms with Crippen molar-refractivity contribution in [1.29, 1.82) is 0 Å². The molecule has 0 atom stereocenters. The Morgan fingerprint density at radius 2 is 1.76 bits per heavy atom. The number of para-hydroxylation sites is 1. The van der Waals surface area contributed by atoms with Gasteiger partial charge in [-0.15, -0.1) is 0 Å². The molecule has 0 aliphatic rings. The van der Waals surface area contributed by atoms with Gasteiger partial charge in [-0.05, 0) is 48.4 Å². The van der Waals surface area contributed by atoms with Crippen LogP contribution in [0.5, 0.6) is 5.75 Å². The quantitative estimate of drug-likeness (QED) is 0.352. The number of hydrogen-bond acceptors (Lipinski definition) is 4. The monoisotopic (exact) mass is 339 g/mol. The van der Waals surface area contributed by atoms with Crippen molar-refractivity contribution in [2.75, 3.05) is 11.9 Å². The fraction of sp³-hybridized carbons (Fsp3) is 0.211. The van der Waals surface area contributed by atoms with E-state index in [1.165, 1.54) is 6.21 Å². The summed E-state index contributed by atoms with van der Waals surface area (Å²) in [7, 11) is 0. The van der Waals surface area contributed by atoms with Crippen molar-refractivity contribution in [2.45, 2.75) is 19.8 Å². The highest BCUT2D eigenvalue weighted by molar-refractivity contribution is 6.39. The van der Waals surface area contributed by atoms with Crippen LogP contribution in [0.1, 0.15) is 25.3 Å². The SMILES string of the molecule is CCCCOc1ccc(/C=N/NC(=O)C(=O)Nc2ccccc2)cc1. The molecule has 25 heavy (non-hydrogen) atoms. The van der Waals surface area contributed by atoms with Crippen LogP contribution in [0.3, 0.4) is 0 Å². The normalized spacial score (nSPS) is 10.4. The summed E-state index contributed by atoms with van der Waals surface area (Å²) < 4.78 is 5.56. The molecule has 0 spiro atoms. The summed E-state index contributed by atoms with van der Waals surface area (Å²) >= 11 is 0. The average Bonchev–Trinajstić information content (AvgIpc) is 2.64. The predicted molar refractivity (Wildman–Crippen MR) is 97.7 cm³/mol. The number of nitrogens with one attached hydrogen (secondary N) is 2. The Kier molecular flexibility index (Phi) is 7.18. The van der Waals surface area contributed by atoms with Crippen LogP contribution in [-0.4, -0.2) is 24.6 Å². The Labute approximate surface area is 146 Å². The Hall–Kier alpha value is -3.15. The van der Waals surface area contributed by atoms with E-state index in [0.717, 1.165) is 24.2 Å². The second-order valence-corrected chi connectivity index (χ2v) is 5.29. The third kappa shape index (κ3) is 6.47. The lowest BCUT2D eigenvalue weighted by atomic mass is 10.2. The molecule has 6 nitrogen and oxygen atoms in total. The van der Waals surface area contributed by atoms with Crippen molar-refractivity contribution in [1.82, 2.24) is 5.43 Å². The summed E-state index contributed by atoms with van der Waals surface area (Å²) in [4.78, 5) is 23.4. The lowest BCUT2D eigenvalue weighted by Crippen LogP contribution is -2.32. The summed E-state index contributed by atoms with van der Waals surface area (Å²) in [5.74, 6) is -0.820. The number of rotatable bonds is 7. The van der Waals surface area contributed by atoms with Crippen LogP contribution in [0, 0.1) is 0 Å². The number of carbonyl (C=O) groups is 2. The molecular formula is C19H21N3O3. The number of nitrogens with zero attached hydrogens (tertiary/aromatic N) is 1. The summed E-state index contributed by atoms with van der Waals surface area (Å²) in [6.07, 6.45) is 3.56. The van der Waals surface area contributed by atoms with Gasteiger partial charge in [-0.3, -0.25) is 9.59 Å². The van der Waals surface area contributed by atoms with Crippen molar-refractivity contribution in [2.24, 2.45) is 5.10 Å². The smallest absolute Gasteiger partial charge is 0.329 e. The Balaban J connectivity index is 1.79. The zero-order chi connectivity index (χ0) is 17.9. The van der Waals surface area contributed by atoms with Gasteiger partial charge < -0.3 is 10.1 Å². The molecule has 0 unspecified atom stereocenters. The minimum atomic E-state index is -0.834. The Morgan fingerprint density at radius 3 is 2.44 bits per heavy atom. The molecule has 2 amide bonds. The highest BCUT2D eigenvalue weighted by Gasteiger charge is 2.12. The summed E-state index contributed by atoms with van der Waals surface area (Å²) in [6, 6.07) is 16.0. The van der Waals surface area contributed by atoms with Crippen LogP contribution in [0.25, 0.3) is 0 Å². The van der Waals surface area contributed by atoms with E-state index in [1.807, 2.05) is 30.3 Å². The molecule has 130 valence electrons. The average molecular weight is 339 g/mol. The number of ether oxygens (including phenoxy) is 1. The van der Waals surface area contributed by atoms with E-state index in [-0.39, 0.29) is 0 Å². The highest BCUT2D eigenvalue weighted by Crippen LogP contribution is 2.11. The van der Waals surface area contributed by atoms with E-state index in [2.05, 4.69) is 22.8 Å². The lowest BCUT2D eigenvalue weighted by Gasteiger charge is -2.05. The van der Waals surface area contributed by atoms with Crippen molar-refractivity contribution >= 4 is 23.7 Å². The molecule has 0 aliphatic heterocycles. The predicted octanol–water partition coefficient (Wildman–Crippen LogP) is 2.95. The van der Waals surface area contributed by atoms with Gasteiger partial charge in [0.05, 0.1) is 12.8 Å². The third-order valence-electron chi connectivity index (χ3n) is 3.26. The fourth-order valence-corrected chi connectivity index (χ4v) is 1.91. The molecule has 2 rings (SSSR count). The van der Waals surface area contributed by atoms with Crippen LogP contribution < -0.4 is 15.5 Å². The molecule has 2 N–H and O–H groups in total. The first-order chi connectivity index (χ1) is 12.2. The van der Waals surface area contributed by atoms with Crippen molar-refractivity contribution in [3.05, 3.63) is 60.2 Å². The van der Waals surface area contributed by atoms with Gasteiger partial charge in [0, 0.05) is 5.69 Å². The van der Waals surface area contributed by atoms with Gasteiger partial charge in [-0.2, -0.15) is 5.10 Å². The number of carbonyl (C=O) groups excluding carboxylic acids is 2. The molecule has 0 heterocycles. The molecule has 0 radical (unpaired) electrons. The van der Waals surface area contributed by atoms with Crippen LogP contribution >= 0.6 is 0 Å². The molecule has 0 aliphatic carbocycles. The maximum absolute atomic E-state index is 11.7. The number of unbranched alkanes of at least 4 members (excludes halogenated alkanes) is 1. The number of hydrazone groups is 1. The molecule has 0 saturated heterocycles. The first kappa shape index (κ1) is 18.2. The van der Waals surface area contributed by atoms with Crippen LogP contribution in [0.15, 0.2) is 59.7 Å². The zero-order valence-corrected chi connectivity index (χ0v) is 14.1. The summed E-state index contributed by atoms with van der Waals surface area (Å²) in [6.45, 7) is 2.80. The highest BCUT2D eigenvalue weighted by atomic mass is 16.5. The molecular weight excluding hydrogens is 318 g/mol. The molecule has 0 saturated carbocycles. The molecule has 0 bridgehead atoms. The van der Waals surface area contributed by atoms with Crippen LogP contribution in [0.4, 0.5) is 5.69 Å². The van der Waals surface area contributed by atoms with Gasteiger partial charge in [-0.25, -0.2) is 5.43 Å². The van der Waals surface area contributed by atoms with Gasteiger partial charge in [0.15, 0.2) is 0 Å². The molecule has 6 heteroatoms. The van der Waals surface area contributed by atoms with Gasteiger partial charge >= 0.3 is 11.8 Å². The number of benzene rings is 2. The standard InChI is InChI=1S/C19H21N3O3/c1-2-3-13-25-17-11-9-15(10-12-17)14-20-22-19(24)18(23)21-16-7-5-4-6-8-16/h4-12,14H,2-3,13H2,1H3,(H,21,23)(H,22,24)/b20-14+. The van der Waals surface area contributed by atoms with Gasteiger partial charge in [-0.1, -0.05) is 31.5 Å². The summed E-state index contributed by atoms with van der Waals surface area (Å²) in [5.41, 5.74) is 3.53. The van der Waals surface area contributed by atoms with Gasteiger partial charge in [0.1, 0.15) is 5.75 Å². The summed E-state index contributed by atoms with van der Waals surface area (Å²) in [5, 5.41) is 6.26. The number of amides is 2. The van der Waals surface area contributed by atoms with E-state index in [9.17, 15) is 9.59 Å². The maximum Gasteiger partial charge on any atom is 0.329 e. The minimum Gasteiger partial charge on any atom is -0.494 e. The Morgan fingerprint density at radius 1 is 1.04 bits per heavy atom. The van der Waals surface area contributed by atoms with Gasteiger partial charge in [0.2, 0.25) is 0 Å². The second-order valence-electron chi connectivity index (χ2n) is 5.29. The van der Waals surface area contributed by atoms with E-state index in [0.29, 0.717) is 12.3 Å². The number of anilines is 1. The van der Waals surface area contributed by atoms with Crippen LogP contribution in [0.2, 0.25) is 0 Å². The van der Waals surface area contributed by atoms with Crippen molar-refractivity contribution in [3.8, 4) is 5.75 Å². The van der Waals surface area contributed by atoms with E-state index in [4.69, 9.17) is 4.74 Å². The molecule has 0 aromatic heterocycles. The first-order valence-electron chi connectivity index (χ1n) is 8.11. The van der Waals surface area contributed by atoms with Gasteiger partial charge in [0.25, 0.3) is 0 Å². The van der Waals surface area contributed by atoms with E-state index in [1.54, 1.807) is 24.3 Å². The third-order valence-corrected chi connectivity index (χ3v) is 3.26. The second kappa shape index (κ2) is 9.87. The topological polar surface area (TPSA) is 79.8 Å². The van der Waals surface area contributed by atoms with Crippen molar-refractivity contribution < 1.29 is 14.3 Å². The van der Waals surface area contributed by atoms with E-state index >= 15 is 0 Å². The molecule has 0 fully saturated rings. The molecule has 2 aromatic carbocycles.